The zero-order chi connectivity index (χ0) is 17.5. The Morgan fingerprint density at radius 3 is 2.50 bits per heavy atom. The zero-order valence-electron chi connectivity index (χ0n) is 14.4. The molecule has 132 valence electrons. The maximum absolute atomic E-state index is 11.9. The summed E-state index contributed by atoms with van der Waals surface area (Å²) >= 11 is 0. The Hall–Kier alpha value is -2.08. The number of carbonyl (C=O) groups is 2. The Balaban J connectivity index is 1.62. The van der Waals surface area contributed by atoms with Gasteiger partial charge in [0.05, 0.1) is 6.54 Å². The van der Waals surface area contributed by atoms with E-state index in [1.807, 2.05) is 11.8 Å². The van der Waals surface area contributed by atoms with E-state index in [4.69, 9.17) is 5.11 Å². The molecule has 0 spiro atoms. The fraction of sp³-hybridized carbons (Fsp3) is 0.556. The number of aryl methyl sites for hydroxylation is 1. The maximum atomic E-state index is 11.9. The van der Waals surface area contributed by atoms with Crippen LogP contribution in [0.3, 0.4) is 0 Å². The summed E-state index contributed by atoms with van der Waals surface area (Å²) in [6.07, 6.45) is 2.43. The summed E-state index contributed by atoms with van der Waals surface area (Å²) in [7, 11) is 0. The monoisotopic (exact) mass is 333 g/mol. The first-order valence-corrected chi connectivity index (χ1v) is 8.53. The molecule has 0 bridgehead atoms. The lowest BCUT2D eigenvalue weighted by Gasteiger charge is -2.42. The van der Waals surface area contributed by atoms with Crippen molar-refractivity contribution >= 4 is 12.0 Å². The summed E-state index contributed by atoms with van der Waals surface area (Å²) in [5.74, 6) is -0.804. The Bertz CT molecular complexity index is 553. The van der Waals surface area contributed by atoms with Gasteiger partial charge in [0.25, 0.3) is 0 Å². The molecule has 0 saturated heterocycles. The van der Waals surface area contributed by atoms with Crippen LogP contribution in [-0.2, 0) is 11.2 Å². The largest absolute Gasteiger partial charge is 0.480 e. The van der Waals surface area contributed by atoms with Gasteiger partial charge >= 0.3 is 12.0 Å². The molecule has 1 aliphatic carbocycles. The van der Waals surface area contributed by atoms with Crippen molar-refractivity contribution in [1.82, 2.24) is 15.5 Å². The van der Waals surface area contributed by atoms with Gasteiger partial charge < -0.3 is 15.7 Å². The van der Waals surface area contributed by atoms with Crippen LogP contribution in [0.2, 0.25) is 0 Å². The number of amides is 2. The van der Waals surface area contributed by atoms with Crippen molar-refractivity contribution in [2.75, 3.05) is 19.6 Å². The molecular formula is C18H27N3O3. The predicted octanol–water partition coefficient (Wildman–Crippen LogP) is 1.77. The van der Waals surface area contributed by atoms with Crippen LogP contribution in [0.25, 0.3) is 0 Å². The second-order valence-corrected chi connectivity index (χ2v) is 6.41. The van der Waals surface area contributed by atoms with Gasteiger partial charge in [-0.2, -0.15) is 0 Å². The lowest BCUT2D eigenvalue weighted by Crippen LogP contribution is -2.56. The molecule has 0 aliphatic heterocycles. The minimum absolute atomic E-state index is 0.0661. The first-order chi connectivity index (χ1) is 11.5. The Morgan fingerprint density at radius 1 is 1.25 bits per heavy atom. The summed E-state index contributed by atoms with van der Waals surface area (Å²) in [6.45, 7) is 5.40. The van der Waals surface area contributed by atoms with Crippen LogP contribution in [0.1, 0.15) is 30.9 Å². The normalized spacial score (nSPS) is 19.6. The van der Waals surface area contributed by atoms with Crippen LogP contribution in [0.15, 0.2) is 24.3 Å². The molecule has 0 radical (unpaired) electrons. The van der Waals surface area contributed by atoms with E-state index in [-0.39, 0.29) is 24.7 Å². The van der Waals surface area contributed by atoms with Crippen molar-refractivity contribution in [3.8, 4) is 0 Å². The number of hydrogen-bond acceptors (Lipinski definition) is 3. The number of hydrogen-bond donors (Lipinski definition) is 3. The van der Waals surface area contributed by atoms with Crippen LogP contribution in [0.5, 0.6) is 0 Å². The predicted molar refractivity (Wildman–Crippen MR) is 93.1 cm³/mol. The third kappa shape index (κ3) is 5.53. The van der Waals surface area contributed by atoms with Gasteiger partial charge in [0.1, 0.15) is 0 Å². The Kier molecular flexibility index (Phi) is 6.61. The van der Waals surface area contributed by atoms with Gasteiger partial charge in [-0.3, -0.25) is 9.69 Å². The highest BCUT2D eigenvalue weighted by atomic mass is 16.4. The van der Waals surface area contributed by atoms with Crippen molar-refractivity contribution in [3.05, 3.63) is 35.4 Å². The van der Waals surface area contributed by atoms with E-state index in [2.05, 4.69) is 41.8 Å². The van der Waals surface area contributed by atoms with Crippen molar-refractivity contribution in [2.24, 2.45) is 0 Å². The van der Waals surface area contributed by atoms with Gasteiger partial charge in [-0.05, 0) is 38.3 Å². The minimum Gasteiger partial charge on any atom is -0.480 e. The lowest BCUT2D eigenvalue weighted by atomic mass is 9.85. The topological polar surface area (TPSA) is 81.7 Å². The zero-order valence-corrected chi connectivity index (χ0v) is 14.4. The molecule has 6 nitrogen and oxygen atoms in total. The molecule has 1 fully saturated rings. The summed E-state index contributed by atoms with van der Waals surface area (Å²) < 4.78 is 0. The molecule has 1 aliphatic rings. The van der Waals surface area contributed by atoms with Gasteiger partial charge in [0.2, 0.25) is 0 Å². The fourth-order valence-electron chi connectivity index (χ4n) is 2.99. The van der Waals surface area contributed by atoms with Crippen molar-refractivity contribution in [2.45, 2.75) is 45.2 Å². The molecule has 0 heterocycles. The molecule has 1 aromatic rings. The standard InChI is InChI=1S/C18H27N3O3/c1-3-21(12-17(22)23)16-10-15(11-16)20-18(24)19-9-8-14-6-4-13(2)5-7-14/h4-7,15-16H,3,8-12H2,1-2H3,(H,22,23)(H2,19,20,24). The minimum atomic E-state index is -0.804. The molecule has 3 N–H and O–H groups in total. The molecule has 0 aromatic heterocycles. The Labute approximate surface area is 143 Å². The smallest absolute Gasteiger partial charge is 0.317 e. The molecule has 1 aromatic carbocycles. The highest BCUT2D eigenvalue weighted by molar-refractivity contribution is 5.74. The van der Waals surface area contributed by atoms with Crippen LogP contribution in [0, 0.1) is 6.92 Å². The van der Waals surface area contributed by atoms with Gasteiger partial charge in [-0.1, -0.05) is 36.8 Å². The number of carboxylic acids is 1. The second kappa shape index (κ2) is 8.68. The number of urea groups is 1. The average Bonchev–Trinajstić information content (AvgIpc) is 2.50. The number of carbonyl (C=O) groups excluding carboxylic acids is 1. The van der Waals surface area contributed by atoms with Crippen molar-refractivity contribution in [3.63, 3.8) is 0 Å². The number of likely N-dealkylation sites (N-methyl/N-ethyl adjacent to an activating group) is 1. The summed E-state index contributed by atoms with van der Waals surface area (Å²) in [4.78, 5) is 24.6. The third-order valence-electron chi connectivity index (χ3n) is 4.53. The molecule has 0 atom stereocenters. The molecule has 0 unspecified atom stereocenters. The van der Waals surface area contributed by atoms with E-state index in [1.54, 1.807) is 0 Å². The van der Waals surface area contributed by atoms with E-state index in [9.17, 15) is 9.59 Å². The first kappa shape index (κ1) is 18.3. The molecule has 2 rings (SSSR count). The van der Waals surface area contributed by atoms with Crippen molar-refractivity contribution < 1.29 is 14.7 Å². The van der Waals surface area contributed by atoms with Crippen LogP contribution >= 0.6 is 0 Å². The Morgan fingerprint density at radius 2 is 1.92 bits per heavy atom. The SMILES string of the molecule is CCN(CC(=O)O)C1CC(NC(=O)NCCc2ccc(C)cc2)C1. The molecule has 6 heteroatoms. The fourth-order valence-corrected chi connectivity index (χ4v) is 2.99. The summed E-state index contributed by atoms with van der Waals surface area (Å²) in [6, 6.07) is 8.54. The third-order valence-corrected chi connectivity index (χ3v) is 4.53. The van der Waals surface area contributed by atoms with Gasteiger partial charge in [0, 0.05) is 18.6 Å². The van der Waals surface area contributed by atoms with E-state index in [0.717, 1.165) is 19.3 Å². The van der Waals surface area contributed by atoms with E-state index >= 15 is 0 Å². The molecule has 24 heavy (non-hydrogen) atoms. The van der Waals surface area contributed by atoms with Crippen molar-refractivity contribution in [1.29, 1.82) is 0 Å². The number of aliphatic carboxylic acids is 1. The van der Waals surface area contributed by atoms with Crippen LogP contribution < -0.4 is 10.6 Å². The summed E-state index contributed by atoms with van der Waals surface area (Å²) in [5, 5.41) is 14.7. The molecule has 1 saturated carbocycles. The highest BCUT2D eigenvalue weighted by Gasteiger charge is 2.34. The molecular weight excluding hydrogens is 306 g/mol. The highest BCUT2D eigenvalue weighted by Crippen LogP contribution is 2.25. The number of nitrogens with zero attached hydrogens (tertiary/aromatic N) is 1. The quantitative estimate of drug-likeness (QED) is 0.677. The van der Waals surface area contributed by atoms with Gasteiger partial charge in [-0.25, -0.2) is 4.79 Å². The number of benzene rings is 1. The van der Waals surface area contributed by atoms with Gasteiger partial charge in [0.15, 0.2) is 0 Å². The summed E-state index contributed by atoms with van der Waals surface area (Å²) in [5.41, 5.74) is 2.44. The van der Waals surface area contributed by atoms with E-state index in [0.29, 0.717) is 13.1 Å². The number of carboxylic acid groups (broad SMARTS) is 1. The maximum Gasteiger partial charge on any atom is 0.317 e. The first-order valence-electron chi connectivity index (χ1n) is 8.53. The average molecular weight is 333 g/mol. The molecule has 2 amide bonds. The van der Waals surface area contributed by atoms with E-state index in [1.165, 1.54) is 11.1 Å². The lowest BCUT2D eigenvalue weighted by molar-refractivity contribution is -0.139. The van der Waals surface area contributed by atoms with Crippen LogP contribution in [0.4, 0.5) is 4.79 Å². The second-order valence-electron chi connectivity index (χ2n) is 6.41. The number of nitrogens with one attached hydrogen (secondary N) is 2. The van der Waals surface area contributed by atoms with Gasteiger partial charge in [-0.15, -0.1) is 0 Å². The number of rotatable bonds is 8. The van der Waals surface area contributed by atoms with E-state index < -0.39 is 5.97 Å². The van der Waals surface area contributed by atoms with Crippen LogP contribution in [-0.4, -0.2) is 53.7 Å².